The molecule has 33 heavy (non-hydrogen) atoms. The van der Waals surface area contributed by atoms with Crippen LogP contribution in [0.25, 0.3) is 17.2 Å². The van der Waals surface area contributed by atoms with Crippen molar-refractivity contribution < 1.29 is 9.72 Å². The monoisotopic (exact) mass is 485 g/mol. The molecule has 3 heterocycles. The van der Waals surface area contributed by atoms with Crippen LogP contribution in [0.2, 0.25) is 0 Å². The van der Waals surface area contributed by atoms with Gasteiger partial charge in [-0.15, -0.1) is 21.5 Å². The smallest absolute Gasteiger partial charge is 0.271 e. The third kappa shape index (κ3) is 4.70. The van der Waals surface area contributed by atoms with Gasteiger partial charge in [0.05, 0.1) is 21.6 Å². The molecule has 0 radical (unpaired) electrons. The van der Waals surface area contributed by atoms with Gasteiger partial charge in [-0.05, 0) is 26.8 Å². The van der Waals surface area contributed by atoms with Crippen molar-refractivity contribution in [3.63, 3.8) is 0 Å². The van der Waals surface area contributed by atoms with Crippen molar-refractivity contribution in [1.82, 2.24) is 29.6 Å². The minimum Gasteiger partial charge on any atom is -0.334 e. The number of nitro groups is 1. The summed E-state index contributed by atoms with van der Waals surface area (Å²) in [6.45, 7) is 5.46. The van der Waals surface area contributed by atoms with Crippen molar-refractivity contribution in [3.05, 3.63) is 57.2 Å². The molecule has 0 aliphatic rings. The molecule has 3 N–H and O–H groups in total. The molecule has 170 valence electrons. The lowest BCUT2D eigenvalue weighted by Crippen LogP contribution is -2.24. The summed E-state index contributed by atoms with van der Waals surface area (Å²) in [5.74, 6) is 6.18. The van der Waals surface area contributed by atoms with E-state index in [2.05, 4.69) is 25.6 Å². The second kappa shape index (κ2) is 8.99. The van der Waals surface area contributed by atoms with E-state index < -0.39 is 10.2 Å². The average Bonchev–Trinajstić information content (AvgIpc) is 3.47. The number of carbonyl (C=O) groups is 1. The number of hydrogen-bond acceptors (Lipinski definition) is 10. The summed E-state index contributed by atoms with van der Waals surface area (Å²) in [5, 5.41) is 28.2. The minimum absolute atomic E-state index is 0.0261. The van der Waals surface area contributed by atoms with E-state index in [0.717, 1.165) is 23.1 Å². The molecule has 1 amide bonds. The van der Waals surface area contributed by atoms with Crippen molar-refractivity contribution >= 4 is 39.8 Å². The fourth-order valence-electron chi connectivity index (χ4n) is 2.99. The number of benzene rings is 1. The second-order valence-electron chi connectivity index (χ2n) is 7.09. The number of aryl methyl sites for hydroxylation is 2. The van der Waals surface area contributed by atoms with Crippen LogP contribution in [0.15, 0.2) is 40.9 Å². The zero-order chi connectivity index (χ0) is 23.7. The number of nitrogen functional groups attached to an aromatic ring is 1. The van der Waals surface area contributed by atoms with E-state index in [9.17, 15) is 14.9 Å². The number of thioether (sulfide) groups is 1. The maximum atomic E-state index is 12.7. The highest BCUT2D eigenvalue weighted by Crippen LogP contribution is 2.28. The third-order valence-electron chi connectivity index (χ3n) is 4.58. The zero-order valence-electron chi connectivity index (χ0n) is 17.8. The molecule has 0 spiro atoms. The quantitative estimate of drug-likeness (QED) is 0.174. The molecule has 0 aliphatic heterocycles. The van der Waals surface area contributed by atoms with Gasteiger partial charge in [0.15, 0.2) is 5.13 Å². The number of non-ortho nitro benzene ring substituents is 1. The minimum atomic E-state index is -0.546. The summed E-state index contributed by atoms with van der Waals surface area (Å²) in [7, 11) is 0. The maximum Gasteiger partial charge on any atom is 0.271 e. The van der Waals surface area contributed by atoms with Crippen LogP contribution >= 0.6 is 23.1 Å². The molecule has 4 aromatic rings. The largest absolute Gasteiger partial charge is 0.334 e. The van der Waals surface area contributed by atoms with Gasteiger partial charge in [0.2, 0.25) is 11.1 Å². The van der Waals surface area contributed by atoms with Crippen molar-refractivity contribution in [2.75, 3.05) is 11.2 Å². The van der Waals surface area contributed by atoms with E-state index in [0.29, 0.717) is 27.5 Å². The molecular formula is C19H19N9O3S2. The lowest BCUT2D eigenvalue weighted by atomic mass is 10.1. The summed E-state index contributed by atoms with van der Waals surface area (Å²) >= 11 is 2.37. The number of anilines is 1. The fraction of sp³-hybridized carbons (Fsp3) is 0.211. The number of nitrogens with two attached hydrogens (primary N) is 1. The van der Waals surface area contributed by atoms with E-state index in [-0.39, 0.29) is 11.6 Å². The molecule has 1 unspecified atom stereocenters. The molecule has 1 aromatic carbocycles. The number of rotatable bonds is 7. The molecule has 12 nitrogen and oxygen atoms in total. The first-order valence-corrected chi connectivity index (χ1v) is 11.4. The highest BCUT2D eigenvalue weighted by Gasteiger charge is 2.22. The number of carbonyl (C=O) groups excluding carboxylic acids is 1. The van der Waals surface area contributed by atoms with E-state index >= 15 is 0 Å². The highest BCUT2D eigenvalue weighted by atomic mass is 32.2. The maximum absolute atomic E-state index is 12.7. The Morgan fingerprint density at radius 2 is 2.09 bits per heavy atom. The van der Waals surface area contributed by atoms with Crippen molar-refractivity contribution in [1.29, 1.82) is 0 Å². The lowest BCUT2D eigenvalue weighted by Gasteiger charge is -2.10. The molecule has 1 atom stereocenters. The van der Waals surface area contributed by atoms with Gasteiger partial charge in [-0.25, -0.2) is 14.3 Å². The first kappa shape index (κ1) is 22.4. The Hall–Kier alpha value is -3.78. The lowest BCUT2D eigenvalue weighted by molar-refractivity contribution is -0.384. The Morgan fingerprint density at radius 3 is 2.79 bits per heavy atom. The van der Waals surface area contributed by atoms with Crippen molar-refractivity contribution in [2.24, 2.45) is 0 Å². The molecule has 3 aromatic heterocycles. The van der Waals surface area contributed by atoms with Crippen LogP contribution in [0, 0.1) is 24.0 Å². The van der Waals surface area contributed by atoms with Gasteiger partial charge in [-0.3, -0.25) is 14.9 Å². The number of nitrogens with zero attached hydrogens (tertiary/aromatic N) is 7. The number of nitro benzene ring substituents is 1. The Bertz CT molecular complexity index is 1340. The Labute approximate surface area is 196 Å². The summed E-state index contributed by atoms with van der Waals surface area (Å²) in [6.07, 6.45) is 0. The first-order valence-electron chi connectivity index (χ1n) is 9.65. The van der Waals surface area contributed by atoms with Crippen molar-refractivity contribution in [2.45, 2.75) is 31.2 Å². The molecule has 14 heteroatoms. The molecule has 0 saturated heterocycles. The van der Waals surface area contributed by atoms with Gasteiger partial charge in [0.1, 0.15) is 0 Å². The Kier molecular flexibility index (Phi) is 6.11. The van der Waals surface area contributed by atoms with E-state index in [1.165, 1.54) is 28.1 Å². The van der Waals surface area contributed by atoms with E-state index in [1.807, 2.05) is 19.9 Å². The molecule has 4 rings (SSSR count). The number of nitrogens with one attached hydrogen (secondary N) is 1. The molecule has 0 saturated carbocycles. The predicted octanol–water partition coefficient (Wildman–Crippen LogP) is 2.95. The van der Waals surface area contributed by atoms with Crippen LogP contribution in [0.5, 0.6) is 0 Å². The van der Waals surface area contributed by atoms with Gasteiger partial charge < -0.3 is 11.2 Å². The Morgan fingerprint density at radius 1 is 1.30 bits per heavy atom. The summed E-state index contributed by atoms with van der Waals surface area (Å²) < 4.78 is 2.87. The normalized spacial score (nSPS) is 12.0. The summed E-state index contributed by atoms with van der Waals surface area (Å²) in [6, 6.07) is 8.06. The predicted molar refractivity (Wildman–Crippen MR) is 125 cm³/mol. The standard InChI is InChI=1S/C19H19N9O3S2/c1-10-7-11(2)27(25-10)18-23-24-19(26(18)20)33-12(3)16(29)22-17-21-15(9-32-17)13-5-4-6-14(8-13)28(30)31/h4-9,12H,20H2,1-3H3,(H,21,22,29). The van der Waals surface area contributed by atoms with Crippen LogP contribution in [-0.4, -0.2) is 45.7 Å². The number of aromatic nitrogens is 6. The van der Waals surface area contributed by atoms with Gasteiger partial charge in [0.25, 0.3) is 11.6 Å². The first-order chi connectivity index (χ1) is 15.7. The fourth-order valence-corrected chi connectivity index (χ4v) is 4.47. The topological polar surface area (TPSA) is 160 Å². The zero-order valence-corrected chi connectivity index (χ0v) is 19.4. The average molecular weight is 486 g/mol. The number of thiazole rings is 1. The van der Waals surface area contributed by atoms with Gasteiger partial charge in [-0.2, -0.15) is 5.10 Å². The third-order valence-corrected chi connectivity index (χ3v) is 6.40. The van der Waals surface area contributed by atoms with E-state index in [4.69, 9.17) is 5.84 Å². The number of hydrogen-bond donors (Lipinski definition) is 2. The second-order valence-corrected chi connectivity index (χ2v) is 9.25. The SMILES string of the molecule is Cc1cc(C)n(-c2nnc(SC(C)C(=O)Nc3nc(-c4cccc([N+](=O)[O-])c4)cs3)n2N)n1. The van der Waals surface area contributed by atoms with Crippen LogP contribution in [0.1, 0.15) is 18.3 Å². The highest BCUT2D eigenvalue weighted by molar-refractivity contribution is 8.00. The summed E-state index contributed by atoms with van der Waals surface area (Å²) in [5.41, 5.74) is 2.79. The molecular weight excluding hydrogens is 466 g/mol. The number of amides is 1. The van der Waals surface area contributed by atoms with Gasteiger partial charge >= 0.3 is 0 Å². The molecule has 0 fully saturated rings. The van der Waals surface area contributed by atoms with Crippen LogP contribution in [-0.2, 0) is 4.79 Å². The van der Waals surface area contributed by atoms with Gasteiger partial charge in [-0.1, -0.05) is 23.9 Å². The van der Waals surface area contributed by atoms with Crippen LogP contribution in [0.3, 0.4) is 0 Å². The van der Waals surface area contributed by atoms with E-state index in [1.54, 1.807) is 29.1 Å². The van der Waals surface area contributed by atoms with Crippen LogP contribution < -0.4 is 11.2 Å². The van der Waals surface area contributed by atoms with Crippen LogP contribution in [0.4, 0.5) is 10.8 Å². The molecule has 0 bridgehead atoms. The Balaban J connectivity index is 1.43. The summed E-state index contributed by atoms with van der Waals surface area (Å²) in [4.78, 5) is 27.6. The van der Waals surface area contributed by atoms with Crippen molar-refractivity contribution in [3.8, 4) is 17.2 Å². The molecule has 0 aliphatic carbocycles. The van der Waals surface area contributed by atoms with Gasteiger partial charge in [0, 0.05) is 28.8 Å².